The SMILES string of the molecule is CCOc1ccc(NC(=O)[C@@H]2[C@H]3C(=O)N([C@@H](CO)CC(C)C)C(C(=O)Nc4ccc(OC)cc4)C34CC[C@@]2(C)O4)cc1. The molecular weight excluding hydrogens is 538 g/mol. The van der Waals surface area contributed by atoms with Crippen molar-refractivity contribution in [2.75, 3.05) is 31.0 Å². The highest BCUT2D eigenvalue weighted by atomic mass is 16.5. The van der Waals surface area contributed by atoms with Crippen LogP contribution in [0.5, 0.6) is 11.5 Å². The number of aliphatic hydroxyl groups excluding tert-OH is 1. The molecule has 2 aromatic carbocycles. The van der Waals surface area contributed by atoms with E-state index in [4.69, 9.17) is 14.2 Å². The number of carbonyl (C=O) groups excluding carboxylic acids is 3. The molecule has 0 aromatic heterocycles. The Morgan fingerprint density at radius 2 is 1.62 bits per heavy atom. The molecule has 2 unspecified atom stereocenters. The Morgan fingerprint density at radius 1 is 1.02 bits per heavy atom. The van der Waals surface area contributed by atoms with Crippen LogP contribution in [0.25, 0.3) is 0 Å². The van der Waals surface area contributed by atoms with Gasteiger partial charge in [-0.3, -0.25) is 14.4 Å². The number of carbonyl (C=O) groups is 3. The van der Waals surface area contributed by atoms with E-state index in [-0.39, 0.29) is 24.3 Å². The van der Waals surface area contributed by atoms with Crippen molar-refractivity contribution < 1.29 is 33.7 Å². The summed E-state index contributed by atoms with van der Waals surface area (Å²) in [6.45, 7) is 7.99. The fraction of sp³-hybridized carbons (Fsp3) is 0.531. The highest BCUT2D eigenvalue weighted by Crippen LogP contribution is 2.63. The quantitative estimate of drug-likeness (QED) is 0.369. The van der Waals surface area contributed by atoms with Gasteiger partial charge in [0.2, 0.25) is 17.7 Å². The highest BCUT2D eigenvalue weighted by Gasteiger charge is 2.78. The van der Waals surface area contributed by atoms with Crippen LogP contribution < -0.4 is 20.1 Å². The molecule has 3 aliphatic heterocycles. The zero-order valence-electron chi connectivity index (χ0n) is 24.9. The molecule has 0 saturated carbocycles. The number of amides is 3. The van der Waals surface area contributed by atoms with Crippen LogP contribution >= 0.6 is 0 Å². The van der Waals surface area contributed by atoms with Crippen LogP contribution in [0.4, 0.5) is 11.4 Å². The molecule has 226 valence electrons. The number of ether oxygens (including phenoxy) is 3. The van der Waals surface area contributed by atoms with Crippen LogP contribution in [0.15, 0.2) is 48.5 Å². The summed E-state index contributed by atoms with van der Waals surface area (Å²) in [5, 5.41) is 16.4. The molecule has 10 nitrogen and oxygen atoms in total. The molecule has 10 heteroatoms. The van der Waals surface area contributed by atoms with Crippen LogP contribution in [0.3, 0.4) is 0 Å². The zero-order chi connectivity index (χ0) is 30.2. The van der Waals surface area contributed by atoms with Crippen molar-refractivity contribution in [2.24, 2.45) is 17.8 Å². The van der Waals surface area contributed by atoms with Crippen molar-refractivity contribution in [3.63, 3.8) is 0 Å². The number of hydrogen-bond acceptors (Lipinski definition) is 7. The van der Waals surface area contributed by atoms with Gasteiger partial charge >= 0.3 is 0 Å². The summed E-state index contributed by atoms with van der Waals surface area (Å²) in [7, 11) is 1.57. The second-order valence-corrected chi connectivity index (χ2v) is 12.1. The molecule has 3 heterocycles. The van der Waals surface area contributed by atoms with E-state index in [0.29, 0.717) is 48.7 Å². The number of benzene rings is 2. The molecule has 3 saturated heterocycles. The summed E-state index contributed by atoms with van der Waals surface area (Å²) in [4.78, 5) is 43.9. The Morgan fingerprint density at radius 3 is 2.17 bits per heavy atom. The van der Waals surface area contributed by atoms with E-state index in [2.05, 4.69) is 10.6 Å². The van der Waals surface area contributed by atoms with Gasteiger partial charge in [-0.2, -0.15) is 0 Å². The van der Waals surface area contributed by atoms with E-state index >= 15 is 0 Å². The number of methoxy groups -OCH3 is 1. The maximum atomic E-state index is 14.4. The number of anilines is 2. The lowest BCUT2D eigenvalue weighted by molar-refractivity contribution is -0.147. The van der Waals surface area contributed by atoms with E-state index in [0.717, 1.165) is 0 Å². The molecule has 3 fully saturated rings. The third-order valence-electron chi connectivity index (χ3n) is 8.88. The average molecular weight is 580 g/mol. The van der Waals surface area contributed by atoms with E-state index in [1.54, 1.807) is 55.6 Å². The van der Waals surface area contributed by atoms with Crippen molar-refractivity contribution in [1.29, 1.82) is 0 Å². The minimum atomic E-state index is -1.20. The van der Waals surface area contributed by atoms with Gasteiger partial charge in [-0.15, -0.1) is 0 Å². The summed E-state index contributed by atoms with van der Waals surface area (Å²) in [5.74, 6) is -1.26. The average Bonchev–Trinajstić information content (AvgIpc) is 3.53. The number of fused-ring (bicyclic) bond motifs is 1. The van der Waals surface area contributed by atoms with Gasteiger partial charge in [0, 0.05) is 11.4 Å². The molecular formula is C32H41N3O7. The van der Waals surface area contributed by atoms with Gasteiger partial charge in [-0.1, -0.05) is 13.8 Å². The lowest BCUT2D eigenvalue weighted by atomic mass is 9.66. The molecule has 3 aliphatic rings. The van der Waals surface area contributed by atoms with Crippen molar-refractivity contribution >= 4 is 29.1 Å². The van der Waals surface area contributed by atoms with Gasteiger partial charge in [-0.05, 0) is 87.6 Å². The first-order chi connectivity index (χ1) is 20.1. The predicted molar refractivity (Wildman–Crippen MR) is 157 cm³/mol. The minimum Gasteiger partial charge on any atom is -0.497 e. The summed E-state index contributed by atoms with van der Waals surface area (Å²) in [6.07, 6.45) is 1.47. The van der Waals surface area contributed by atoms with Gasteiger partial charge in [0.1, 0.15) is 23.1 Å². The first-order valence-corrected chi connectivity index (χ1v) is 14.7. The van der Waals surface area contributed by atoms with E-state index < -0.39 is 41.0 Å². The van der Waals surface area contributed by atoms with Gasteiger partial charge < -0.3 is 34.9 Å². The Bertz CT molecular complexity index is 1310. The van der Waals surface area contributed by atoms with Crippen molar-refractivity contribution in [2.45, 2.75) is 70.2 Å². The molecule has 3 amide bonds. The van der Waals surface area contributed by atoms with E-state index in [9.17, 15) is 19.5 Å². The molecule has 42 heavy (non-hydrogen) atoms. The topological polar surface area (TPSA) is 126 Å². The second-order valence-electron chi connectivity index (χ2n) is 12.1. The summed E-state index contributed by atoms with van der Waals surface area (Å²) >= 11 is 0. The number of rotatable bonds is 11. The Labute approximate surface area is 246 Å². The van der Waals surface area contributed by atoms with Gasteiger partial charge in [0.15, 0.2) is 0 Å². The standard InChI is InChI=1S/C32H41N3O7/c1-6-41-24-13-9-20(10-14-24)33-28(37)25-26-30(39)35(22(18-36)17-19(2)3)27(32(26)16-15-31(25,4)42-32)29(38)34-21-7-11-23(40-5)12-8-21/h7-14,19,22,25-27,36H,6,15-18H2,1-5H3,(H,33,37)(H,34,38)/t22-,25+,26+,27?,31-,32?/m1/s1. The monoisotopic (exact) mass is 579 g/mol. The van der Waals surface area contributed by atoms with Crippen LogP contribution in [0, 0.1) is 17.8 Å². The highest BCUT2D eigenvalue weighted by molar-refractivity contribution is 6.05. The molecule has 2 aromatic rings. The minimum absolute atomic E-state index is 0.159. The molecule has 0 radical (unpaired) electrons. The van der Waals surface area contributed by atoms with Crippen molar-refractivity contribution in [1.82, 2.24) is 4.90 Å². The molecule has 6 atom stereocenters. The lowest BCUT2D eigenvalue weighted by Gasteiger charge is -2.37. The van der Waals surface area contributed by atoms with Crippen molar-refractivity contribution in [3.05, 3.63) is 48.5 Å². The number of nitrogens with one attached hydrogen (secondary N) is 2. The van der Waals surface area contributed by atoms with Crippen LogP contribution in [0.1, 0.15) is 47.0 Å². The first-order valence-electron chi connectivity index (χ1n) is 14.7. The smallest absolute Gasteiger partial charge is 0.250 e. The lowest BCUT2D eigenvalue weighted by Crippen LogP contribution is -2.56. The largest absolute Gasteiger partial charge is 0.497 e. The summed E-state index contributed by atoms with van der Waals surface area (Å²) < 4.78 is 17.4. The Hall–Kier alpha value is -3.63. The van der Waals surface area contributed by atoms with Crippen LogP contribution in [-0.4, -0.2) is 71.3 Å². The van der Waals surface area contributed by atoms with E-state index in [1.807, 2.05) is 27.7 Å². The van der Waals surface area contributed by atoms with E-state index in [1.165, 1.54) is 4.90 Å². The van der Waals surface area contributed by atoms with Crippen molar-refractivity contribution in [3.8, 4) is 11.5 Å². The number of hydrogen-bond donors (Lipinski definition) is 3. The third kappa shape index (κ3) is 5.11. The number of aliphatic hydroxyl groups is 1. The molecule has 5 rings (SSSR count). The number of nitrogens with zero attached hydrogens (tertiary/aromatic N) is 1. The number of likely N-dealkylation sites (tertiary alicyclic amines) is 1. The summed E-state index contributed by atoms with van der Waals surface area (Å²) in [5.41, 5.74) is -1.00. The van der Waals surface area contributed by atoms with Crippen LogP contribution in [-0.2, 0) is 19.1 Å². The van der Waals surface area contributed by atoms with Gasteiger partial charge in [-0.25, -0.2) is 0 Å². The zero-order valence-corrected chi connectivity index (χ0v) is 24.9. The summed E-state index contributed by atoms with van der Waals surface area (Å²) in [6, 6.07) is 12.4. The third-order valence-corrected chi connectivity index (χ3v) is 8.88. The maximum absolute atomic E-state index is 14.4. The maximum Gasteiger partial charge on any atom is 0.250 e. The predicted octanol–water partition coefficient (Wildman–Crippen LogP) is 3.84. The fourth-order valence-corrected chi connectivity index (χ4v) is 7.18. The van der Waals surface area contributed by atoms with Crippen LogP contribution in [0.2, 0.25) is 0 Å². The molecule has 2 bridgehead atoms. The fourth-order valence-electron chi connectivity index (χ4n) is 7.18. The first kappa shape index (κ1) is 29.8. The molecule has 0 aliphatic carbocycles. The molecule has 3 N–H and O–H groups in total. The van der Waals surface area contributed by atoms with Gasteiger partial charge in [0.05, 0.1) is 43.8 Å². The van der Waals surface area contributed by atoms with Gasteiger partial charge in [0.25, 0.3) is 0 Å². The normalized spacial score (nSPS) is 28.5. The molecule has 1 spiro atoms. The Balaban J connectivity index is 1.49. The second kappa shape index (κ2) is 11.6. The Kier molecular flexibility index (Phi) is 8.22.